The van der Waals surface area contributed by atoms with Crippen LogP contribution >= 0.6 is 0 Å². The molecule has 0 unspecified atom stereocenters. The van der Waals surface area contributed by atoms with Crippen molar-refractivity contribution in [1.82, 2.24) is 9.55 Å². The Labute approximate surface area is 89.9 Å². The van der Waals surface area contributed by atoms with Crippen molar-refractivity contribution in [2.75, 3.05) is 0 Å². The van der Waals surface area contributed by atoms with Gasteiger partial charge in [0.25, 0.3) is 5.56 Å². The molecular formula is C9H12N2O5. The summed E-state index contributed by atoms with van der Waals surface area (Å²) in [5.74, 6) is 0. The number of hydrogen-bond acceptors (Lipinski definition) is 5. The standard InChI is InChI=1S/C9H12N2O5/c1-4-6(13)7(14)8(16-4)11-3-2-5(12)10-9(11)15/h2-4,6-8,13-14H,1H3,(H,10,12,15)/t4-,6-,7-,8-/m0/s1. The number of aliphatic hydroxyl groups is 2. The van der Waals surface area contributed by atoms with Crippen LogP contribution in [0.25, 0.3) is 0 Å². The number of nitrogens with zero attached hydrogens (tertiary/aromatic N) is 1. The maximum Gasteiger partial charge on any atom is 0.330 e. The van der Waals surface area contributed by atoms with E-state index in [2.05, 4.69) is 0 Å². The van der Waals surface area contributed by atoms with E-state index in [4.69, 9.17) is 4.74 Å². The largest absolute Gasteiger partial charge is 0.388 e. The number of aliphatic hydroxyl groups excluding tert-OH is 2. The molecule has 2 heterocycles. The Hall–Kier alpha value is -1.44. The zero-order valence-corrected chi connectivity index (χ0v) is 8.53. The fourth-order valence-corrected chi connectivity index (χ4v) is 1.69. The molecule has 0 spiro atoms. The van der Waals surface area contributed by atoms with Gasteiger partial charge in [-0.1, -0.05) is 0 Å². The molecule has 1 aliphatic heterocycles. The average Bonchev–Trinajstić information content (AvgIpc) is 2.46. The van der Waals surface area contributed by atoms with Crippen molar-refractivity contribution < 1.29 is 14.9 Å². The predicted octanol–water partition coefficient (Wildman–Crippen LogP) is -1.82. The fraction of sp³-hybridized carbons (Fsp3) is 0.556. The Morgan fingerprint density at radius 1 is 1.38 bits per heavy atom. The van der Waals surface area contributed by atoms with Gasteiger partial charge in [-0.3, -0.25) is 14.3 Å². The maximum atomic E-state index is 11.4. The highest BCUT2D eigenvalue weighted by molar-refractivity contribution is 4.91. The first-order valence-electron chi connectivity index (χ1n) is 4.84. The van der Waals surface area contributed by atoms with Crippen LogP contribution in [0.4, 0.5) is 0 Å². The van der Waals surface area contributed by atoms with Crippen LogP contribution in [0.1, 0.15) is 13.2 Å². The molecule has 3 N–H and O–H groups in total. The summed E-state index contributed by atoms with van der Waals surface area (Å²) < 4.78 is 6.27. The lowest BCUT2D eigenvalue weighted by Crippen LogP contribution is -2.37. The van der Waals surface area contributed by atoms with Gasteiger partial charge < -0.3 is 14.9 Å². The zero-order chi connectivity index (χ0) is 11.9. The highest BCUT2D eigenvalue weighted by Crippen LogP contribution is 2.27. The molecule has 0 radical (unpaired) electrons. The molecule has 1 aliphatic rings. The van der Waals surface area contributed by atoms with Gasteiger partial charge in [0.05, 0.1) is 6.10 Å². The predicted molar refractivity (Wildman–Crippen MR) is 52.9 cm³/mol. The van der Waals surface area contributed by atoms with Crippen LogP contribution in [-0.2, 0) is 4.74 Å². The third-order valence-corrected chi connectivity index (χ3v) is 2.60. The number of aromatic nitrogens is 2. The molecular weight excluding hydrogens is 216 g/mol. The molecule has 7 heteroatoms. The van der Waals surface area contributed by atoms with Crippen LogP contribution in [0, 0.1) is 0 Å². The first-order valence-corrected chi connectivity index (χ1v) is 4.84. The van der Waals surface area contributed by atoms with E-state index < -0.39 is 35.8 Å². The molecule has 88 valence electrons. The third kappa shape index (κ3) is 1.69. The fourth-order valence-electron chi connectivity index (χ4n) is 1.69. The molecule has 0 aliphatic carbocycles. The smallest absolute Gasteiger partial charge is 0.330 e. The van der Waals surface area contributed by atoms with Gasteiger partial charge in [0, 0.05) is 12.3 Å². The summed E-state index contributed by atoms with van der Waals surface area (Å²) in [5, 5.41) is 19.1. The van der Waals surface area contributed by atoms with Gasteiger partial charge in [-0.05, 0) is 6.92 Å². The van der Waals surface area contributed by atoms with Crippen molar-refractivity contribution in [2.24, 2.45) is 0 Å². The van der Waals surface area contributed by atoms with Crippen molar-refractivity contribution in [3.63, 3.8) is 0 Å². The molecule has 0 aromatic carbocycles. The number of ether oxygens (including phenoxy) is 1. The van der Waals surface area contributed by atoms with E-state index in [1.54, 1.807) is 6.92 Å². The summed E-state index contributed by atoms with van der Waals surface area (Å²) in [4.78, 5) is 24.3. The number of rotatable bonds is 1. The van der Waals surface area contributed by atoms with Crippen LogP contribution in [0.3, 0.4) is 0 Å². The van der Waals surface area contributed by atoms with Crippen LogP contribution in [0.15, 0.2) is 21.9 Å². The van der Waals surface area contributed by atoms with Gasteiger partial charge in [0.2, 0.25) is 0 Å². The molecule has 1 saturated heterocycles. The lowest BCUT2D eigenvalue weighted by Gasteiger charge is -2.16. The van der Waals surface area contributed by atoms with Gasteiger partial charge in [0.15, 0.2) is 6.23 Å². The number of aromatic amines is 1. The van der Waals surface area contributed by atoms with E-state index in [9.17, 15) is 19.8 Å². The summed E-state index contributed by atoms with van der Waals surface area (Å²) in [6, 6.07) is 1.15. The van der Waals surface area contributed by atoms with Gasteiger partial charge in [0.1, 0.15) is 12.2 Å². The molecule has 1 aromatic rings. The summed E-state index contributed by atoms with van der Waals surface area (Å²) >= 11 is 0. The van der Waals surface area contributed by atoms with Crippen molar-refractivity contribution >= 4 is 0 Å². The van der Waals surface area contributed by atoms with Crippen molar-refractivity contribution in [1.29, 1.82) is 0 Å². The molecule has 0 saturated carbocycles. The van der Waals surface area contributed by atoms with Gasteiger partial charge >= 0.3 is 5.69 Å². The SMILES string of the molecule is C[C@@H]1O[C@H](n2ccc(=O)[nH]c2=O)[C@@H](O)[C@H]1O. The first kappa shape index (κ1) is 11.1. The summed E-state index contributed by atoms with van der Waals surface area (Å²) in [6.45, 7) is 1.59. The minimum absolute atomic E-state index is 0.526. The Morgan fingerprint density at radius 2 is 2.06 bits per heavy atom. The quantitative estimate of drug-likeness (QED) is 0.524. The van der Waals surface area contributed by atoms with Crippen LogP contribution in [0.2, 0.25) is 0 Å². The Balaban J connectivity index is 2.39. The highest BCUT2D eigenvalue weighted by Gasteiger charge is 2.41. The van der Waals surface area contributed by atoms with E-state index in [0.29, 0.717) is 0 Å². The molecule has 0 bridgehead atoms. The second-order valence-electron chi connectivity index (χ2n) is 3.73. The molecule has 7 nitrogen and oxygen atoms in total. The third-order valence-electron chi connectivity index (χ3n) is 2.60. The molecule has 0 amide bonds. The maximum absolute atomic E-state index is 11.4. The average molecular weight is 228 g/mol. The summed E-state index contributed by atoms with van der Waals surface area (Å²) in [7, 11) is 0. The monoisotopic (exact) mass is 228 g/mol. The van der Waals surface area contributed by atoms with Gasteiger partial charge in [-0.15, -0.1) is 0 Å². The second-order valence-corrected chi connectivity index (χ2v) is 3.73. The van der Waals surface area contributed by atoms with Crippen LogP contribution in [-0.4, -0.2) is 38.1 Å². The van der Waals surface area contributed by atoms with E-state index in [-0.39, 0.29) is 0 Å². The Kier molecular flexibility index (Phi) is 2.66. The van der Waals surface area contributed by atoms with E-state index in [1.807, 2.05) is 4.98 Å². The van der Waals surface area contributed by atoms with Crippen LogP contribution in [0.5, 0.6) is 0 Å². The Bertz CT molecular complexity index is 493. The van der Waals surface area contributed by atoms with E-state index in [1.165, 1.54) is 6.20 Å². The number of H-pyrrole nitrogens is 1. The molecule has 16 heavy (non-hydrogen) atoms. The molecule has 1 aromatic heterocycles. The number of nitrogens with one attached hydrogen (secondary N) is 1. The van der Waals surface area contributed by atoms with E-state index >= 15 is 0 Å². The van der Waals surface area contributed by atoms with Crippen molar-refractivity contribution in [3.8, 4) is 0 Å². The minimum atomic E-state index is -1.20. The topological polar surface area (TPSA) is 105 Å². The molecule has 2 rings (SSSR count). The second kappa shape index (κ2) is 3.85. The highest BCUT2D eigenvalue weighted by atomic mass is 16.6. The van der Waals surface area contributed by atoms with Gasteiger partial charge in [-0.25, -0.2) is 4.79 Å². The summed E-state index contributed by atoms with van der Waals surface area (Å²) in [6.07, 6.45) is -2.57. The summed E-state index contributed by atoms with van der Waals surface area (Å²) in [5.41, 5.74) is -1.21. The van der Waals surface area contributed by atoms with Gasteiger partial charge in [-0.2, -0.15) is 0 Å². The van der Waals surface area contributed by atoms with Crippen molar-refractivity contribution in [2.45, 2.75) is 31.5 Å². The minimum Gasteiger partial charge on any atom is -0.388 e. The molecule has 1 fully saturated rings. The normalized spacial score (nSPS) is 34.2. The lowest BCUT2D eigenvalue weighted by molar-refractivity contribution is -0.0351. The first-order chi connectivity index (χ1) is 7.50. The van der Waals surface area contributed by atoms with Crippen LogP contribution < -0.4 is 11.2 Å². The number of hydrogen-bond donors (Lipinski definition) is 3. The lowest BCUT2D eigenvalue weighted by atomic mass is 10.1. The zero-order valence-electron chi connectivity index (χ0n) is 8.53. The molecule has 4 atom stereocenters. The van der Waals surface area contributed by atoms with Crippen molar-refractivity contribution in [3.05, 3.63) is 33.1 Å². The van der Waals surface area contributed by atoms with E-state index in [0.717, 1.165) is 10.6 Å². The Morgan fingerprint density at radius 3 is 2.56 bits per heavy atom.